The normalized spacial score (nSPS) is 9.76. The fraction of sp³-hybridized carbons (Fsp3) is 0.125. The molecule has 2 aromatic carbocycles. The zero-order valence-electron chi connectivity index (χ0n) is 11.8. The summed E-state index contributed by atoms with van der Waals surface area (Å²) in [7, 11) is 3.19. The van der Waals surface area contributed by atoms with Crippen molar-refractivity contribution in [3.05, 3.63) is 53.6 Å². The first-order valence-corrected chi connectivity index (χ1v) is 6.28. The van der Waals surface area contributed by atoms with Gasteiger partial charge >= 0.3 is 0 Å². The zero-order chi connectivity index (χ0) is 15.4. The van der Waals surface area contributed by atoms with Crippen LogP contribution in [0.3, 0.4) is 0 Å². The fourth-order valence-electron chi connectivity index (χ4n) is 1.93. The summed E-state index contributed by atoms with van der Waals surface area (Å²) in [6.07, 6.45) is 0. The van der Waals surface area contributed by atoms with E-state index in [4.69, 9.17) is 15.7 Å². The van der Waals surface area contributed by atoms with Crippen LogP contribution in [0.5, 0.6) is 5.75 Å². The number of hydrogen-bond acceptors (Lipinski definition) is 4. The number of amides is 1. The van der Waals surface area contributed by atoms with E-state index in [1.165, 1.54) is 12.0 Å². The molecule has 0 atom stereocenters. The molecule has 0 radical (unpaired) electrons. The quantitative estimate of drug-likeness (QED) is 0.876. The van der Waals surface area contributed by atoms with E-state index < -0.39 is 0 Å². The molecule has 0 aliphatic heterocycles. The highest BCUT2D eigenvalue weighted by molar-refractivity contribution is 6.06. The van der Waals surface area contributed by atoms with Gasteiger partial charge in [-0.05, 0) is 36.4 Å². The van der Waals surface area contributed by atoms with Crippen LogP contribution in [0.15, 0.2) is 42.5 Å². The Morgan fingerprint density at radius 3 is 2.48 bits per heavy atom. The van der Waals surface area contributed by atoms with E-state index in [1.54, 1.807) is 49.5 Å². The van der Waals surface area contributed by atoms with Crippen molar-refractivity contribution in [3.63, 3.8) is 0 Å². The van der Waals surface area contributed by atoms with Crippen molar-refractivity contribution in [1.29, 1.82) is 5.26 Å². The highest BCUT2D eigenvalue weighted by atomic mass is 16.5. The Labute approximate surface area is 123 Å². The van der Waals surface area contributed by atoms with Crippen molar-refractivity contribution in [3.8, 4) is 11.8 Å². The van der Waals surface area contributed by atoms with E-state index in [-0.39, 0.29) is 5.91 Å². The van der Waals surface area contributed by atoms with Crippen molar-refractivity contribution in [2.45, 2.75) is 0 Å². The minimum Gasteiger partial charge on any atom is -0.497 e. The summed E-state index contributed by atoms with van der Waals surface area (Å²) in [4.78, 5) is 14.0. The SMILES string of the molecule is COc1cc(N)cc(C(=O)N(C)c2ccc(C#N)cc2)c1. The Balaban J connectivity index is 2.30. The molecule has 0 saturated heterocycles. The van der Waals surface area contributed by atoms with Gasteiger partial charge in [-0.3, -0.25) is 4.79 Å². The van der Waals surface area contributed by atoms with Gasteiger partial charge in [0.25, 0.3) is 5.91 Å². The van der Waals surface area contributed by atoms with Crippen molar-refractivity contribution in [2.24, 2.45) is 0 Å². The summed E-state index contributed by atoms with van der Waals surface area (Å²) in [6.45, 7) is 0. The molecular weight excluding hydrogens is 266 g/mol. The van der Waals surface area contributed by atoms with E-state index in [0.717, 1.165) is 0 Å². The molecule has 0 unspecified atom stereocenters. The minimum atomic E-state index is -0.203. The number of benzene rings is 2. The van der Waals surface area contributed by atoms with Crippen molar-refractivity contribution in [2.75, 3.05) is 24.8 Å². The maximum atomic E-state index is 12.5. The summed E-state index contributed by atoms with van der Waals surface area (Å²) in [5.74, 6) is 0.330. The third-order valence-corrected chi connectivity index (χ3v) is 3.10. The van der Waals surface area contributed by atoms with Crippen LogP contribution in [-0.2, 0) is 0 Å². The monoisotopic (exact) mass is 281 g/mol. The number of carbonyl (C=O) groups is 1. The largest absolute Gasteiger partial charge is 0.497 e. The molecule has 2 aromatic rings. The van der Waals surface area contributed by atoms with Crippen molar-refractivity contribution < 1.29 is 9.53 Å². The molecule has 1 amide bonds. The summed E-state index contributed by atoms with van der Waals surface area (Å²) in [5.41, 5.74) is 7.91. The summed E-state index contributed by atoms with van der Waals surface area (Å²) in [6, 6.07) is 13.7. The molecule has 0 fully saturated rings. The first-order valence-electron chi connectivity index (χ1n) is 6.28. The molecule has 106 valence electrons. The van der Waals surface area contributed by atoms with Crippen LogP contribution in [0.2, 0.25) is 0 Å². The van der Waals surface area contributed by atoms with Crippen LogP contribution < -0.4 is 15.4 Å². The lowest BCUT2D eigenvalue weighted by Gasteiger charge is -2.18. The van der Waals surface area contributed by atoms with Crippen LogP contribution in [-0.4, -0.2) is 20.1 Å². The van der Waals surface area contributed by atoms with Gasteiger partial charge in [0.15, 0.2) is 0 Å². The predicted octanol–water partition coefficient (Wildman–Crippen LogP) is 2.43. The highest BCUT2D eigenvalue weighted by Crippen LogP contribution is 2.22. The molecule has 0 aliphatic rings. The average molecular weight is 281 g/mol. The van der Waals surface area contributed by atoms with Gasteiger partial charge in [-0.1, -0.05) is 0 Å². The standard InChI is InChI=1S/C16H15N3O2/c1-19(14-5-3-11(10-17)4-6-14)16(20)12-7-13(18)9-15(8-12)21-2/h3-9H,18H2,1-2H3. The van der Waals surface area contributed by atoms with Crippen LogP contribution >= 0.6 is 0 Å². The number of anilines is 2. The Kier molecular flexibility index (Phi) is 4.10. The molecule has 0 aromatic heterocycles. The van der Waals surface area contributed by atoms with Gasteiger partial charge in [0.1, 0.15) is 5.75 Å². The minimum absolute atomic E-state index is 0.203. The number of nitriles is 1. The van der Waals surface area contributed by atoms with Crippen molar-refractivity contribution in [1.82, 2.24) is 0 Å². The van der Waals surface area contributed by atoms with Gasteiger partial charge in [-0.2, -0.15) is 5.26 Å². The molecule has 5 heteroatoms. The molecule has 0 saturated carbocycles. The van der Waals surface area contributed by atoms with Gasteiger partial charge in [0.2, 0.25) is 0 Å². The lowest BCUT2D eigenvalue weighted by Crippen LogP contribution is -2.26. The maximum absolute atomic E-state index is 12.5. The lowest BCUT2D eigenvalue weighted by molar-refractivity contribution is 0.0992. The Bertz CT molecular complexity index is 702. The lowest BCUT2D eigenvalue weighted by atomic mass is 10.1. The topological polar surface area (TPSA) is 79.3 Å². The van der Waals surface area contributed by atoms with E-state index >= 15 is 0 Å². The summed E-state index contributed by atoms with van der Waals surface area (Å²) in [5, 5.41) is 8.78. The summed E-state index contributed by atoms with van der Waals surface area (Å²) >= 11 is 0. The smallest absolute Gasteiger partial charge is 0.258 e. The molecular formula is C16H15N3O2. The molecule has 2 N–H and O–H groups in total. The van der Waals surface area contributed by atoms with Gasteiger partial charge < -0.3 is 15.4 Å². The Hall–Kier alpha value is -3.00. The highest BCUT2D eigenvalue weighted by Gasteiger charge is 2.15. The molecule has 0 aliphatic carbocycles. The zero-order valence-corrected chi connectivity index (χ0v) is 11.8. The van der Waals surface area contributed by atoms with Crippen LogP contribution in [0.4, 0.5) is 11.4 Å². The van der Waals surface area contributed by atoms with Gasteiger partial charge in [-0.25, -0.2) is 0 Å². The van der Waals surface area contributed by atoms with E-state index in [1.807, 2.05) is 6.07 Å². The molecule has 21 heavy (non-hydrogen) atoms. The van der Waals surface area contributed by atoms with Crippen LogP contribution in [0, 0.1) is 11.3 Å². The number of nitrogen functional groups attached to an aromatic ring is 1. The van der Waals surface area contributed by atoms with E-state index in [2.05, 4.69) is 0 Å². The summed E-state index contributed by atoms with van der Waals surface area (Å²) < 4.78 is 5.11. The van der Waals surface area contributed by atoms with Crippen molar-refractivity contribution >= 4 is 17.3 Å². The first-order chi connectivity index (χ1) is 10.0. The molecule has 0 bridgehead atoms. The second-order valence-electron chi connectivity index (χ2n) is 4.52. The third-order valence-electron chi connectivity index (χ3n) is 3.10. The number of rotatable bonds is 3. The number of ether oxygens (including phenoxy) is 1. The van der Waals surface area contributed by atoms with Crippen LogP contribution in [0.1, 0.15) is 15.9 Å². The number of methoxy groups -OCH3 is 1. The fourth-order valence-corrected chi connectivity index (χ4v) is 1.93. The number of carbonyl (C=O) groups excluding carboxylic acids is 1. The number of nitrogens with zero attached hydrogens (tertiary/aromatic N) is 2. The Morgan fingerprint density at radius 1 is 1.24 bits per heavy atom. The van der Waals surface area contributed by atoms with Gasteiger partial charge in [0.05, 0.1) is 18.7 Å². The number of hydrogen-bond donors (Lipinski definition) is 1. The molecule has 0 heterocycles. The maximum Gasteiger partial charge on any atom is 0.258 e. The van der Waals surface area contributed by atoms with E-state index in [0.29, 0.717) is 28.3 Å². The second-order valence-corrected chi connectivity index (χ2v) is 4.52. The van der Waals surface area contributed by atoms with Gasteiger partial charge in [-0.15, -0.1) is 0 Å². The molecule has 2 rings (SSSR count). The van der Waals surface area contributed by atoms with E-state index in [9.17, 15) is 4.79 Å². The molecule has 0 spiro atoms. The first kappa shape index (κ1) is 14.4. The van der Waals surface area contributed by atoms with Gasteiger partial charge in [0, 0.05) is 30.1 Å². The van der Waals surface area contributed by atoms with Crippen LogP contribution in [0.25, 0.3) is 0 Å². The Morgan fingerprint density at radius 2 is 1.90 bits per heavy atom. The number of nitrogens with two attached hydrogens (primary N) is 1. The predicted molar refractivity (Wildman–Crippen MR) is 81.3 cm³/mol. The average Bonchev–Trinajstić information content (AvgIpc) is 2.52. The second kappa shape index (κ2) is 5.97. The molecule has 5 nitrogen and oxygen atoms in total. The third kappa shape index (κ3) is 3.12.